The van der Waals surface area contributed by atoms with E-state index in [1.54, 1.807) is 7.11 Å². The summed E-state index contributed by atoms with van der Waals surface area (Å²) < 4.78 is 21.1. The summed E-state index contributed by atoms with van der Waals surface area (Å²) in [5.41, 5.74) is 1.30. The third kappa shape index (κ3) is 1.51. The van der Waals surface area contributed by atoms with Crippen LogP contribution in [0.1, 0.15) is 31.1 Å². The van der Waals surface area contributed by atoms with Crippen LogP contribution in [0.4, 0.5) is 4.39 Å². The quantitative estimate of drug-likeness (QED) is 0.797. The van der Waals surface area contributed by atoms with Crippen molar-refractivity contribution < 1.29 is 9.13 Å². The normalized spacial score (nSPS) is 16.2. The van der Waals surface area contributed by atoms with Crippen molar-refractivity contribution in [2.45, 2.75) is 32.2 Å². The SMILES string of the molecule is COc1cc(F)c2nc(C)n(C3CCC3)c2c1. The molecule has 1 heterocycles. The molecule has 0 radical (unpaired) electrons. The maximum Gasteiger partial charge on any atom is 0.154 e. The van der Waals surface area contributed by atoms with Crippen molar-refractivity contribution >= 4 is 11.0 Å². The minimum absolute atomic E-state index is 0.305. The Kier molecular flexibility index (Phi) is 2.31. The van der Waals surface area contributed by atoms with Gasteiger partial charge in [0.1, 0.15) is 17.1 Å². The van der Waals surface area contributed by atoms with Gasteiger partial charge in [-0.1, -0.05) is 0 Å². The van der Waals surface area contributed by atoms with Crippen LogP contribution < -0.4 is 4.74 Å². The van der Waals surface area contributed by atoms with Crippen LogP contribution in [-0.4, -0.2) is 16.7 Å². The topological polar surface area (TPSA) is 27.1 Å². The van der Waals surface area contributed by atoms with Crippen LogP contribution in [0.25, 0.3) is 11.0 Å². The van der Waals surface area contributed by atoms with Crippen molar-refractivity contribution in [3.63, 3.8) is 0 Å². The molecule has 0 aliphatic heterocycles. The lowest BCUT2D eigenvalue weighted by Gasteiger charge is -2.28. The van der Waals surface area contributed by atoms with E-state index >= 15 is 0 Å². The molecule has 90 valence electrons. The highest BCUT2D eigenvalue weighted by Crippen LogP contribution is 2.36. The molecule has 2 aromatic rings. The summed E-state index contributed by atoms with van der Waals surface area (Å²) in [5, 5.41) is 0. The number of fused-ring (bicyclic) bond motifs is 1. The Balaban J connectivity index is 2.25. The molecule has 0 amide bonds. The molecule has 0 saturated heterocycles. The van der Waals surface area contributed by atoms with Gasteiger partial charge in [0.25, 0.3) is 0 Å². The van der Waals surface area contributed by atoms with Gasteiger partial charge < -0.3 is 9.30 Å². The summed E-state index contributed by atoms with van der Waals surface area (Å²) in [6.07, 6.45) is 3.56. The van der Waals surface area contributed by atoms with Gasteiger partial charge in [-0.2, -0.15) is 0 Å². The number of hydrogen-bond donors (Lipinski definition) is 0. The van der Waals surface area contributed by atoms with E-state index < -0.39 is 0 Å². The Morgan fingerprint density at radius 2 is 2.18 bits per heavy atom. The second-order valence-electron chi connectivity index (χ2n) is 4.59. The minimum Gasteiger partial charge on any atom is -0.497 e. The summed E-state index contributed by atoms with van der Waals surface area (Å²) in [6, 6.07) is 3.74. The van der Waals surface area contributed by atoms with E-state index in [0.29, 0.717) is 17.3 Å². The zero-order chi connectivity index (χ0) is 12.0. The zero-order valence-corrected chi connectivity index (χ0v) is 10.0. The first-order valence-electron chi connectivity index (χ1n) is 5.93. The summed E-state index contributed by atoms with van der Waals surface area (Å²) >= 11 is 0. The number of aromatic nitrogens is 2. The van der Waals surface area contributed by atoms with Crippen molar-refractivity contribution in [2.24, 2.45) is 0 Å². The molecule has 1 aromatic carbocycles. The van der Waals surface area contributed by atoms with E-state index in [1.807, 2.05) is 13.0 Å². The number of ether oxygens (including phenoxy) is 1. The van der Waals surface area contributed by atoms with E-state index in [2.05, 4.69) is 9.55 Å². The third-order valence-electron chi connectivity index (χ3n) is 3.57. The first kappa shape index (κ1) is 10.6. The number of benzene rings is 1. The van der Waals surface area contributed by atoms with Gasteiger partial charge in [-0.15, -0.1) is 0 Å². The lowest BCUT2D eigenvalue weighted by molar-refractivity contribution is 0.315. The molecule has 1 aromatic heterocycles. The Morgan fingerprint density at radius 1 is 1.41 bits per heavy atom. The summed E-state index contributed by atoms with van der Waals surface area (Å²) in [4.78, 5) is 4.32. The maximum atomic E-state index is 13.9. The van der Waals surface area contributed by atoms with Crippen LogP contribution in [0.15, 0.2) is 12.1 Å². The Labute approximate surface area is 99.2 Å². The average Bonchev–Trinajstić information content (AvgIpc) is 2.55. The highest BCUT2D eigenvalue weighted by Gasteiger charge is 2.24. The fourth-order valence-electron chi connectivity index (χ4n) is 2.47. The molecular formula is C13H15FN2O. The number of hydrogen-bond acceptors (Lipinski definition) is 2. The van der Waals surface area contributed by atoms with Gasteiger partial charge in [0.2, 0.25) is 0 Å². The zero-order valence-electron chi connectivity index (χ0n) is 10.0. The largest absolute Gasteiger partial charge is 0.497 e. The van der Waals surface area contributed by atoms with Crippen LogP contribution in [-0.2, 0) is 0 Å². The van der Waals surface area contributed by atoms with Crippen LogP contribution >= 0.6 is 0 Å². The van der Waals surface area contributed by atoms with Crippen LogP contribution in [0.3, 0.4) is 0 Å². The molecular weight excluding hydrogens is 219 g/mol. The lowest BCUT2D eigenvalue weighted by atomic mass is 9.92. The summed E-state index contributed by atoms with van der Waals surface area (Å²) in [6.45, 7) is 1.93. The van der Waals surface area contributed by atoms with Gasteiger partial charge in [-0.3, -0.25) is 0 Å². The first-order valence-corrected chi connectivity index (χ1v) is 5.93. The molecule has 4 heteroatoms. The molecule has 0 bridgehead atoms. The number of methoxy groups -OCH3 is 1. The Bertz CT molecular complexity index is 572. The van der Waals surface area contributed by atoms with Gasteiger partial charge in [0, 0.05) is 18.2 Å². The minimum atomic E-state index is -0.305. The standard InChI is InChI=1S/C13H15FN2O/c1-8-15-13-11(14)6-10(17-2)7-12(13)16(8)9-4-3-5-9/h6-7,9H,3-5H2,1-2H3. The van der Waals surface area contributed by atoms with Gasteiger partial charge in [-0.25, -0.2) is 9.37 Å². The number of nitrogens with zero attached hydrogens (tertiary/aromatic N) is 2. The second-order valence-corrected chi connectivity index (χ2v) is 4.59. The first-order chi connectivity index (χ1) is 8.20. The van der Waals surface area contributed by atoms with Crippen molar-refractivity contribution in [3.8, 4) is 5.75 Å². The molecule has 1 aliphatic rings. The maximum absolute atomic E-state index is 13.9. The molecule has 0 unspecified atom stereocenters. The molecule has 1 aliphatic carbocycles. The van der Waals surface area contributed by atoms with E-state index in [0.717, 1.165) is 24.2 Å². The van der Waals surface area contributed by atoms with Gasteiger partial charge in [-0.05, 0) is 26.2 Å². The number of imidazole rings is 1. The van der Waals surface area contributed by atoms with Crippen molar-refractivity contribution in [2.75, 3.05) is 7.11 Å². The molecule has 3 rings (SSSR count). The Morgan fingerprint density at radius 3 is 2.76 bits per heavy atom. The average molecular weight is 234 g/mol. The lowest BCUT2D eigenvalue weighted by Crippen LogP contribution is -2.17. The summed E-state index contributed by atoms with van der Waals surface area (Å²) in [7, 11) is 1.55. The van der Waals surface area contributed by atoms with Crippen molar-refractivity contribution in [1.82, 2.24) is 9.55 Å². The van der Waals surface area contributed by atoms with Crippen molar-refractivity contribution in [3.05, 3.63) is 23.8 Å². The van der Waals surface area contributed by atoms with Gasteiger partial charge in [0.15, 0.2) is 5.82 Å². The van der Waals surface area contributed by atoms with Crippen LogP contribution in [0, 0.1) is 12.7 Å². The van der Waals surface area contributed by atoms with E-state index in [1.165, 1.54) is 12.5 Å². The molecule has 17 heavy (non-hydrogen) atoms. The van der Waals surface area contributed by atoms with Gasteiger partial charge >= 0.3 is 0 Å². The number of halogens is 1. The van der Waals surface area contributed by atoms with Crippen LogP contribution in [0.2, 0.25) is 0 Å². The molecule has 0 spiro atoms. The third-order valence-corrected chi connectivity index (χ3v) is 3.57. The van der Waals surface area contributed by atoms with E-state index in [4.69, 9.17) is 4.74 Å². The number of aryl methyl sites for hydroxylation is 1. The number of rotatable bonds is 2. The Hall–Kier alpha value is -1.58. The molecule has 1 fully saturated rings. The highest BCUT2D eigenvalue weighted by atomic mass is 19.1. The molecule has 1 saturated carbocycles. The molecule has 0 atom stereocenters. The predicted octanol–water partition coefficient (Wildman–Crippen LogP) is 3.22. The highest BCUT2D eigenvalue weighted by molar-refractivity contribution is 5.78. The van der Waals surface area contributed by atoms with E-state index in [-0.39, 0.29) is 5.82 Å². The molecule has 0 N–H and O–H groups in total. The fourth-order valence-corrected chi connectivity index (χ4v) is 2.47. The predicted molar refractivity (Wildman–Crippen MR) is 63.9 cm³/mol. The molecule has 3 nitrogen and oxygen atoms in total. The van der Waals surface area contributed by atoms with E-state index in [9.17, 15) is 4.39 Å². The monoisotopic (exact) mass is 234 g/mol. The smallest absolute Gasteiger partial charge is 0.154 e. The van der Waals surface area contributed by atoms with Gasteiger partial charge in [0.05, 0.1) is 12.6 Å². The second kappa shape index (κ2) is 3.72. The van der Waals surface area contributed by atoms with Crippen molar-refractivity contribution in [1.29, 1.82) is 0 Å². The summed E-state index contributed by atoms with van der Waals surface area (Å²) in [5.74, 6) is 1.13. The fraction of sp³-hybridized carbons (Fsp3) is 0.462. The van der Waals surface area contributed by atoms with Crippen LogP contribution in [0.5, 0.6) is 5.75 Å².